The van der Waals surface area contributed by atoms with Gasteiger partial charge in [-0.2, -0.15) is 15.1 Å². The molecule has 3 atom stereocenters. The third-order valence-electron chi connectivity index (χ3n) is 12.8. The number of aryl methyl sites for hydroxylation is 2. The number of aromatic nitrogens is 4. The lowest BCUT2D eigenvalue weighted by atomic mass is 9.90. The van der Waals surface area contributed by atoms with Crippen LogP contribution in [0.5, 0.6) is 11.8 Å². The van der Waals surface area contributed by atoms with Crippen LogP contribution in [0.25, 0.3) is 43.7 Å². The molecule has 5 aromatic rings. The lowest BCUT2D eigenvalue weighted by molar-refractivity contribution is -0.0538. The number of hydrogen-bond acceptors (Lipinski definition) is 9. The number of phenolic OH excluding ortho intramolecular Hbond substituents is 1. The van der Waals surface area contributed by atoms with Crippen LogP contribution >= 0.6 is 0 Å². The van der Waals surface area contributed by atoms with E-state index in [1.807, 2.05) is 13.1 Å². The standard InChI is InChI=1S/C41H44F3N7O3/c1-3-29-32(43)8-5-25-11-28(52)12-30(33(25)29)34-36(44)38-35(31-19-48(2)47-37(31)34)39(49-17-26-6-7-27(18-49)51(26)16-24-20-53-21-24)46-40(45-38)54-22-41-9-4-10-50(41)15-23(13-41)14-42/h5,8,11-12,14,19,24,26-27,52H,3-4,6-7,9-10,13,15-18,20-22H2,1-2H3/b23-14-/t26-,27+,41-/m0/s1. The topological polar surface area (TPSA) is 92.0 Å². The Balaban J connectivity index is 1.16. The normalized spacial score (nSPS) is 25.5. The van der Waals surface area contributed by atoms with Gasteiger partial charge in [0.2, 0.25) is 0 Å². The van der Waals surface area contributed by atoms with Gasteiger partial charge in [-0.25, -0.2) is 13.2 Å². The Hall–Kier alpha value is -4.46. The van der Waals surface area contributed by atoms with Crippen LogP contribution in [-0.4, -0.2) is 105 Å². The lowest BCUT2D eigenvalue weighted by Crippen LogP contribution is -2.56. The molecule has 0 spiro atoms. The number of piperazine rings is 1. The van der Waals surface area contributed by atoms with Gasteiger partial charge in [0.1, 0.15) is 35.0 Å². The summed E-state index contributed by atoms with van der Waals surface area (Å²) >= 11 is 0. The summed E-state index contributed by atoms with van der Waals surface area (Å²) < 4.78 is 60.6. The zero-order valence-corrected chi connectivity index (χ0v) is 30.6. The van der Waals surface area contributed by atoms with Gasteiger partial charge >= 0.3 is 6.01 Å². The van der Waals surface area contributed by atoms with E-state index in [-0.39, 0.29) is 35.0 Å². The predicted octanol–water partition coefficient (Wildman–Crippen LogP) is 6.65. The first kappa shape index (κ1) is 34.1. The van der Waals surface area contributed by atoms with E-state index in [4.69, 9.17) is 24.5 Å². The van der Waals surface area contributed by atoms with Crippen LogP contribution in [-0.2, 0) is 18.2 Å². The minimum atomic E-state index is -0.640. The van der Waals surface area contributed by atoms with Crippen LogP contribution in [0.2, 0.25) is 0 Å². The molecule has 5 aliphatic heterocycles. The number of nitrogens with zero attached hydrogens (tertiary/aromatic N) is 7. The fourth-order valence-corrected chi connectivity index (χ4v) is 10.3. The molecule has 2 aromatic heterocycles. The maximum atomic E-state index is 17.8. The fraction of sp³-hybridized carbons (Fsp3) is 0.488. The number of aromatic hydroxyl groups is 1. The summed E-state index contributed by atoms with van der Waals surface area (Å²) in [5.74, 6) is 0.0447. The zero-order chi connectivity index (χ0) is 36.9. The quantitative estimate of drug-likeness (QED) is 0.188. The Kier molecular flexibility index (Phi) is 8.08. The van der Waals surface area contributed by atoms with Crippen molar-refractivity contribution in [3.05, 3.63) is 59.6 Å². The Bertz CT molecular complexity index is 2350. The average molecular weight is 740 g/mol. The summed E-state index contributed by atoms with van der Waals surface area (Å²) in [4.78, 5) is 17.1. The highest BCUT2D eigenvalue weighted by Crippen LogP contribution is 2.47. The van der Waals surface area contributed by atoms with Crippen LogP contribution in [0.1, 0.15) is 44.6 Å². The van der Waals surface area contributed by atoms with Crippen LogP contribution in [0.3, 0.4) is 0 Å². The molecule has 282 valence electrons. The largest absolute Gasteiger partial charge is 0.508 e. The first-order valence-electron chi connectivity index (χ1n) is 19.3. The lowest BCUT2D eigenvalue weighted by Gasteiger charge is -2.44. The van der Waals surface area contributed by atoms with E-state index in [0.717, 1.165) is 70.6 Å². The van der Waals surface area contributed by atoms with Gasteiger partial charge in [0, 0.05) is 68.4 Å². The first-order valence-corrected chi connectivity index (χ1v) is 19.3. The maximum absolute atomic E-state index is 17.8. The summed E-state index contributed by atoms with van der Waals surface area (Å²) in [6, 6.07) is 6.77. The second-order valence-corrected chi connectivity index (χ2v) is 16.2. The van der Waals surface area contributed by atoms with Gasteiger partial charge in [0.15, 0.2) is 5.82 Å². The maximum Gasteiger partial charge on any atom is 0.319 e. The highest BCUT2D eigenvalue weighted by atomic mass is 19.1. The van der Waals surface area contributed by atoms with Crippen LogP contribution < -0.4 is 9.64 Å². The molecule has 0 unspecified atom stereocenters. The summed E-state index contributed by atoms with van der Waals surface area (Å²) in [5, 5.41) is 18.1. The summed E-state index contributed by atoms with van der Waals surface area (Å²) in [7, 11) is 1.79. The number of ether oxygens (including phenoxy) is 2. The van der Waals surface area contributed by atoms with Crippen molar-refractivity contribution in [2.75, 3.05) is 57.4 Å². The van der Waals surface area contributed by atoms with E-state index in [0.29, 0.717) is 87.7 Å². The Morgan fingerprint density at radius 1 is 1.07 bits per heavy atom. The van der Waals surface area contributed by atoms with Crippen molar-refractivity contribution in [3.63, 3.8) is 0 Å². The van der Waals surface area contributed by atoms with Crippen LogP contribution in [0.4, 0.5) is 19.0 Å². The number of hydrogen-bond donors (Lipinski definition) is 1. The highest BCUT2D eigenvalue weighted by molar-refractivity contribution is 6.18. The van der Waals surface area contributed by atoms with Gasteiger partial charge in [0.25, 0.3) is 0 Å². The Labute approximate surface area is 311 Å². The molecule has 0 saturated carbocycles. The molecule has 7 heterocycles. The molecule has 3 aromatic carbocycles. The van der Waals surface area contributed by atoms with E-state index in [1.54, 1.807) is 23.9 Å². The molecule has 5 aliphatic rings. The number of rotatable bonds is 8. The number of anilines is 1. The van der Waals surface area contributed by atoms with Crippen molar-refractivity contribution < 1.29 is 27.8 Å². The van der Waals surface area contributed by atoms with Crippen molar-refractivity contribution >= 4 is 38.4 Å². The molecule has 5 saturated heterocycles. The first-order chi connectivity index (χ1) is 26.2. The van der Waals surface area contributed by atoms with Gasteiger partial charge in [-0.15, -0.1) is 0 Å². The van der Waals surface area contributed by atoms with Crippen molar-refractivity contribution in [3.8, 4) is 22.9 Å². The molecule has 13 heteroatoms. The van der Waals surface area contributed by atoms with E-state index in [1.165, 1.54) is 12.1 Å². The second-order valence-electron chi connectivity index (χ2n) is 16.2. The third-order valence-corrected chi connectivity index (χ3v) is 12.8. The minimum Gasteiger partial charge on any atom is -0.508 e. The molecule has 2 bridgehead atoms. The SMILES string of the molecule is CCc1c(F)ccc2cc(O)cc(-c3c(F)c4nc(OC[C@@]56CCCN5C/C(=C\F)C6)nc(N5C[C@H]6CC[C@@H](C5)N6CC5COC5)c4c4cn(C)nc34)c12. The number of halogens is 3. The third kappa shape index (κ3) is 5.29. The minimum absolute atomic E-state index is 0.0620. The van der Waals surface area contributed by atoms with Gasteiger partial charge in [-0.05, 0) is 90.7 Å². The summed E-state index contributed by atoms with van der Waals surface area (Å²) in [6.07, 6.45) is 7.51. The van der Waals surface area contributed by atoms with E-state index < -0.39 is 11.6 Å². The van der Waals surface area contributed by atoms with Gasteiger partial charge in [-0.3, -0.25) is 14.5 Å². The predicted molar refractivity (Wildman–Crippen MR) is 201 cm³/mol. The number of fused-ring (bicyclic) bond motifs is 7. The van der Waals surface area contributed by atoms with Crippen LogP contribution in [0.15, 0.2) is 42.4 Å². The molecule has 10 nitrogen and oxygen atoms in total. The summed E-state index contributed by atoms with van der Waals surface area (Å²) in [6.45, 7) is 7.60. The molecular formula is C41H44F3N7O3. The number of benzene rings is 3. The van der Waals surface area contributed by atoms with Crippen molar-refractivity contribution in [1.82, 2.24) is 29.5 Å². The highest BCUT2D eigenvalue weighted by Gasteiger charge is 2.48. The molecule has 0 amide bonds. The Morgan fingerprint density at radius 2 is 1.89 bits per heavy atom. The monoisotopic (exact) mass is 739 g/mol. The van der Waals surface area contributed by atoms with E-state index in [9.17, 15) is 9.50 Å². The molecule has 54 heavy (non-hydrogen) atoms. The van der Waals surface area contributed by atoms with Crippen molar-refractivity contribution in [2.24, 2.45) is 13.0 Å². The molecule has 1 N–H and O–H groups in total. The summed E-state index contributed by atoms with van der Waals surface area (Å²) in [5.41, 5.74) is 1.74. The van der Waals surface area contributed by atoms with E-state index in [2.05, 4.69) is 14.7 Å². The van der Waals surface area contributed by atoms with Gasteiger partial charge < -0.3 is 19.5 Å². The molecule has 0 aliphatic carbocycles. The second kappa shape index (κ2) is 12.8. The molecule has 10 rings (SSSR count). The zero-order valence-electron chi connectivity index (χ0n) is 30.6. The fourth-order valence-electron chi connectivity index (χ4n) is 10.3. The number of phenols is 1. The van der Waals surface area contributed by atoms with Crippen molar-refractivity contribution in [2.45, 2.75) is 63.1 Å². The molecular weight excluding hydrogens is 695 g/mol. The van der Waals surface area contributed by atoms with E-state index >= 15 is 8.78 Å². The van der Waals surface area contributed by atoms with Crippen LogP contribution in [0, 0.1) is 17.6 Å². The molecule has 0 radical (unpaired) electrons. The molecule has 5 fully saturated rings. The Morgan fingerprint density at radius 3 is 2.63 bits per heavy atom. The van der Waals surface area contributed by atoms with Gasteiger partial charge in [-0.1, -0.05) is 13.0 Å². The van der Waals surface area contributed by atoms with Gasteiger partial charge in [0.05, 0.1) is 30.5 Å². The smallest absolute Gasteiger partial charge is 0.319 e. The van der Waals surface area contributed by atoms with Crippen molar-refractivity contribution in [1.29, 1.82) is 0 Å². The average Bonchev–Trinajstić information content (AvgIpc) is 3.87.